The SMILES string of the molecule is CC(=O)c1ccccc1OC[C@H](O)CN1CCN(CCN2C(=O)c3cccc4cccc(c34)C2=O)CC1. The second kappa shape index (κ2) is 10.8. The first-order valence-corrected chi connectivity index (χ1v) is 12.7. The summed E-state index contributed by atoms with van der Waals surface area (Å²) >= 11 is 0. The van der Waals surface area contributed by atoms with E-state index >= 15 is 0 Å². The molecule has 2 aliphatic rings. The highest BCUT2D eigenvalue weighted by molar-refractivity contribution is 6.25. The Morgan fingerprint density at radius 3 is 2.14 bits per heavy atom. The maximum Gasteiger partial charge on any atom is 0.261 e. The fourth-order valence-electron chi connectivity index (χ4n) is 5.14. The van der Waals surface area contributed by atoms with Crippen LogP contribution in [0.5, 0.6) is 5.75 Å². The number of para-hydroxylation sites is 1. The molecule has 0 aliphatic carbocycles. The van der Waals surface area contributed by atoms with Gasteiger partial charge in [0.05, 0.1) is 5.56 Å². The third-order valence-electron chi connectivity index (χ3n) is 7.13. The average molecular weight is 502 g/mol. The minimum Gasteiger partial charge on any atom is -0.490 e. The number of aliphatic hydroxyl groups is 1. The molecule has 3 aromatic rings. The molecule has 0 radical (unpaired) electrons. The quantitative estimate of drug-likeness (QED) is 0.356. The highest BCUT2D eigenvalue weighted by Crippen LogP contribution is 2.29. The number of nitrogens with zero attached hydrogens (tertiary/aromatic N) is 3. The maximum absolute atomic E-state index is 13.1. The van der Waals surface area contributed by atoms with Gasteiger partial charge in [0.1, 0.15) is 18.5 Å². The lowest BCUT2D eigenvalue weighted by molar-refractivity contribution is 0.0414. The molecular weight excluding hydrogens is 470 g/mol. The first kappa shape index (κ1) is 25.1. The van der Waals surface area contributed by atoms with E-state index in [9.17, 15) is 19.5 Å². The Morgan fingerprint density at radius 2 is 1.49 bits per heavy atom. The van der Waals surface area contributed by atoms with Crippen LogP contribution in [0.1, 0.15) is 38.0 Å². The Morgan fingerprint density at radius 1 is 0.865 bits per heavy atom. The van der Waals surface area contributed by atoms with E-state index in [1.165, 1.54) is 11.8 Å². The Bertz CT molecular complexity index is 1280. The van der Waals surface area contributed by atoms with Gasteiger partial charge in [-0.2, -0.15) is 0 Å². The van der Waals surface area contributed by atoms with Crippen LogP contribution in [0.4, 0.5) is 0 Å². The molecule has 1 saturated heterocycles. The van der Waals surface area contributed by atoms with Gasteiger partial charge < -0.3 is 9.84 Å². The van der Waals surface area contributed by atoms with Crippen LogP contribution in [-0.4, -0.2) is 95.9 Å². The fraction of sp³-hybridized carbons (Fsp3) is 0.345. The van der Waals surface area contributed by atoms with Gasteiger partial charge >= 0.3 is 0 Å². The van der Waals surface area contributed by atoms with Crippen LogP contribution in [0.15, 0.2) is 60.7 Å². The number of amides is 2. The molecule has 192 valence electrons. The van der Waals surface area contributed by atoms with Crippen molar-refractivity contribution in [2.75, 3.05) is 52.4 Å². The second-order valence-corrected chi connectivity index (χ2v) is 9.63. The van der Waals surface area contributed by atoms with Gasteiger partial charge in [0.15, 0.2) is 5.78 Å². The number of imide groups is 1. The normalized spacial score (nSPS) is 17.3. The minimum atomic E-state index is -0.682. The van der Waals surface area contributed by atoms with Crippen LogP contribution in [0, 0.1) is 0 Å². The van der Waals surface area contributed by atoms with Crippen molar-refractivity contribution in [1.82, 2.24) is 14.7 Å². The highest BCUT2D eigenvalue weighted by Gasteiger charge is 2.33. The van der Waals surface area contributed by atoms with Crippen molar-refractivity contribution in [3.8, 4) is 5.75 Å². The summed E-state index contributed by atoms with van der Waals surface area (Å²) in [5, 5.41) is 12.1. The van der Waals surface area contributed by atoms with Crippen molar-refractivity contribution in [2.24, 2.45) is 0 Å². The van der Waals surface area contributed by atoms with E-state index in [1.54, 1.807) is 36.4 Å². The summed E-state index contributed by atoms with van der Waals surface area (Å²) in [6.45, 7) is 6.13. The Hall–Kier alpha value is -3.59. The maximum atomic E-state index is 13.1. The van der Waals surface area contributed by atoms with Crippen molar-refractivity contribution >= 4 is 28.4 Å². The van der Waals surface area contributed by atoms with E-state index < -0.39 is 6.10 Å². The summed E-state index contributed by atoms with van der Waals surface area (Å²) in [6.07, 6.45) is -0.682. The summed E-state index contributed by atoms with van der Waals surface area (Å²) < 4.78 is 5.72. The average Bonchev–Trinajstić information content (AvgIpc) is 2.91. The molecule has 1 N–H and O–H groups in total. The standard InChI is InChI=1S/C29H31N3O5/c1-20(33)23-8-2-3-11-26(23)37-19-22(34)18-31-14-12-30(13-15-31)16-17-32-28(35)24-9-4-6-21-7-5-10-25(27(21)24)29(32)36/h2-11,22,34H,12-19H2,1H3/t22-/m1/s1. The predicted octanol–water partition coefficient (Wildman–Crippen LogP) is 2.70. The van der Waals surface area contributed by atoms with Crippen molar-refractivity contribution in [2.45, 2.75) is 13.0 Å². The number of hydrogen-bond donors (Lipinski definition) is 1. The third-order valence-corrected chi connectivity index (χ3v) is 7.13. The summed E-state index contributed by atoms with van der Waals surface area (Å²) in [5.41, 5.74) is 1.67. The van der Waals surface area contributed by atoms with Crippen LogP contribution in [0.2, 0.25) is 0 Å². The number of carbonyl (C=O) groups excluding carboxylic acids is 3. The van der Waals surface area contributed by atoms with Crippen LogP contribution in [0.25, 0.3) is 10.8 Å². The highest BCUT2D eigenvalue weighted by atomic mass is 16.5. The topological polar surface area (TPSA) is 90.4 Å². The summed E-state index contributed by atoms with van der Waals surface area (Å²) in [4.78, 5) is 43.7. The van der Waals surface area contributed by atoms with Crippen molar-refractivity contribution in [3.05, 3.63) is 77.4 Å². The van der Waals surface area contributed by atoms with Crippen molar-refractivity contribution in [3.63, 3.8) is 0 Å². The molecule has 1 fully saturated rings. The lowest BCUT2D eigenvalue weighted by Crippen LogP contribution is -2.51. The van der Waals surface area contributed by atoms with Crippen molar-refractivity contribution < 1.29 is 24.2 Å². The zero-order valence-corrected chi connectivity index (χ0v) is 20.9. The van der Waals surface area contributed by atoms with Crippen LogP contribution < -0.4 is 4.74 Å². The van der Waals surface area contributed by atoms with Gasteiger partial charge in [0.2, 0.25) is 0 Å². The largest absolute Gasteiger partial charge is 0.490 e. The van der Waals surface area contributed by atoms with E-state index in [1.807, 2.05) is 24.3 Å². The van der Waals surface area contributed by atoms with Gasteiger partial charge in [-0.05, 0) is 36.6 Å². The molecule has 0 saturated carbocycles. The Kier molecular flexibility index (Phi) is 7.32. The van der Waals surface area contributed by atoms with Crippen LogP contribution >= 0.6 is 0 Å². The van der Waals surface area contributed by atoms with E-state index in [4.69, 9.17) is 4.74 Å². The smallest absolute Gasteiger partial charge is 0.261 e. The zero-order chi connectivity index (χ0) is 25.9. The molecule has 8 nitrogen and oxygen atoms in total. The van der Waals surface area contributed by atoms with Gasteiger partial charge in [-0.1, -0.05) is 36.4 Å². The second-order valence-electron chi connectivity index (χ2n) is 9.63. The van der Waals surface area contributed by atoms with Gasteiger partial charge in [-0.25, -0.2) is 0 Å². The fourth-order valence-corrected chi connectivity index (χ4v) is 5.14. The molecule has 0 aromatic heterocycles. The molecule has 0 unspecified atom stereocenters. The Labute approximate surface area is 216 Å². The summed E-state index contributed by atoms with van der Waals surface area (Å²) in [6, 6.07) is 18.2. The number of carbonyl (C=O) groups is 3. The van der Waals surface area contributed by atoms with Gasteiger partial charge in [-0.15, -0.1) is 0 Å². The van der Waals surface area contributed by atoms with E-state index in [0.29, 0.717) is 42.1 Å². The third kappa shape index (κ3) is 5.27. The lowest BCUT2D eigenvalue weighted by atomic mass is 9.94. The first-order chi connectivity index (χ1) is 17.9. The molecule has 1 atom stereocenters. The molecule has 0 spiro atoms. The van der Waals surface area contributed by atoms with Gasteiger partial charge in [-0.3, -0.25) is 29.1 Å². The number of rotatable bonds is 9. The Balaban J connectivity index is 1.10. The number of piperazine rings is 1. The number of β-amino-alcohol motifs (C(OH)–C–C–N with tert-alkyl or cyclic N) is 1. The zero-order valence-electron chi connectivity index (χ0n) is 20.9. The minimum absolute atomic E-state index is 0.0737. The number of aliphatic hydroxyl groups excluding tert-OH is 1. The summed E-state index contributed by atoms with van der Waals surface area (Å²) in [5.74, 6) is -0.0558. The molecule has 37 heavy (non-hydrogen) atoms. The van der Waals surface area contributed by atoms with Crippen LogP contribution in [-0.2, 0) is 0 Å². The van der Waals surface area contributed by atoms with E-state index in [-0.39, 0.29) is 24.2 Å². The summed E-state index contributed by atoms with van der Waals surface area (Å²) in [7, 11) is 0. The molecule has 5 rings (SSSR count). The molecule has 2 aliphatic heterocycles. The number of Topliss-reactive ketones (excluding diaryl/α,β-unsaturated/α-hetero) is 1. The lowest BCUT2D eigenvalue weighted by Gasteiger charge is -2.36. The van der Waals surface area contributed by atoms with Crippen molar-refractivity contribution in [1.29, 1.82) is 0 Å². The molecule has 2 amide bonds. The number of ketones is 1. The number of benzene rings is 3. The van der Waals surface area contributed by atoms with Crippen LogP contribution in [0.3, 0.4) is 0 Å². The molecular formula is C29H31N3O5. The molecule has 3 aromatic carbocycles. The number of ether oxygens (including phenoxy) is 1. The molecule has 0 bridgehead atoms. The number of hydrogen-bond acceptors (Lipinski definition) is 7. The van der Waals surface area contributed by atoms with E-state index in [2.05, 4.69) is 9.80 Å². The first-order valence-electron chi connectivity index (χ1n) is 12.7. The predicted molar refractivity (Wildman–Crippen MR) is 140 cm³/mol. The van der Waals surface area contributed by atoms with E-state index in [0.717, 1.165) is 37.0 Å². The molecule has 8 heteroatoms. The van der Waals surface area contributed by atoms with Gasteiger partial charge in [0, 0.05) is 62.3 Å². The monoisotopic (exact) mass is 501 g/mol. The molecule has 2 heterocycles. The van der Waals surface area contributed by atoms with Gasteiger partial charge in [0.25, 0.3) is 11.8 Å².